The van der Waals surface area contributed by atoms with Crippen molar-refractivity contribution < 1.29 is 24.8 Å². The SMILES string of the molecule is OC[C@H]1O[C@@H](Cc2ccccc2)[C@H](O)[C@@H](OCc2ccccc2)[C@@H]1O. The summed E-state index contributed by atoms with van der Waals surface area (Å²) in [4.78, 5) is 0. The summed E-state index contributed by atoms with van der Waals surface area (Å²) in [5.41, 5.74) is 1.97. The first-order valence-electron chi connectivity index (χ1n) is 8.51. The lowest BCUT2D eigenvalue weighted by Gasteiger charge is -2.42. The quantitative estimate of drug-likeness (QED) is 0.736. The van der Waals surface area contributed by atoms with Crippen LogP contribution >= 0.6 is 0 Å². The molecule has 0 unspecified atom stereocenters. The van der Waals surface area contributed by atoms with Crippen LogP contribution in [-0.4, -0.2) is 52.4 Å². The topological polar surface area (TPSA) is 79.2 Å². The van der Waals surface area contributed by atoms with Crippen LogP contribution in [-0.2, 0) is 22.5 Å². The standard InChI is InChI=1S/C20H24O5/c21-12-17-19(23)20(24-13-15-9-5-2-6-10-15)18(22)16(25-17)11-14-7-3-1-4-8-14/h1-10,16-23H,11-13H2/t16-,17+,18-,19+,20+/m0/s1. The highest BCUT2D eigenvalue weighted by molar-refractivity contribution is 5.17. The minimum atomic E-state index is -1.09. The van der Waals surface area contributed by atoms with Crippen molar-refractivity contribution in [1.29, 1.82) is 0 Å². The molecule has 0 spiro atoms. The molecule has 0 aromatic heterocycles. The van der Waals surface area contributed by atoms with E-state index in [-0.39, 0.29) is 13.2 Å². The normalized spacial score (nSPS) is 29.5. The van der Waals surface area contributed by atoms with E-state index in [2.05, 4.69) is 0 Å². The molecule has 0 aliphatic carbocycles. The zero-order valence-corrected chi connectivity index (χ0v) is 13.9. The number of hydrogen-bond donors (Lipinski definition) is 3. The van der Waals surface area contributed by atoms with E-state index in [1.807, 2.05) is 60.7 Å². The minimum absolute atomic E-state index is 0.274. The maximum absolute atomic E-state index is 10.7. The highest BCUT2D eigenvalue weighted by Crippen LogP contribution is 2.26. The van der Waals surface area contributed by atoms with Crippen molar-refractivity contribution in [1.82, 2.24) is 0 Å². The summed E-state index contributed by atoms with van der Waals surface area (Å²) in [7, 11) is 0. The van der Waals surface area contributed by atoms with E-state index in [1.54, 1.807) is 0 Å². The summed E-state index contributed by atoms with van der Waals surface area (Å²) < 4.78 is 11.5. The minimum Gasteiger partial charge on any atom is -0.394 e. The summed E-state index contributed by atoms with van der Waals surface area (Å²) in [6.45, 7) is -0.0554. The van der Waals surface area contributed by atoms with Crippen LogP contribution in [0.5, 0.6) is 0 Å². The second-order valence-electron chi connectivity index (χ2n) is 6.33. The molecular weight excluding hydrogens is 320 g/mol. The Morgan fingerprint density at radius 2 is 1.36 bits per heavy atom. The molecule has 3 rings (SSSR count). The molecule has 5 atom stereocenters. The second-order valence-corrected chi connectivity index (χ2v) is 6.33. The van der Waals surface area contributed by atoms with Crippen molar-refractivity contribution in [2.45, 2.75) is 43.5 Å². The molecule has 2 aromatic rings. The van der Waals surface area contributed by atoms with Crippen molar-refractivity contribution in [2.75, 3.05) is 6.61 Å². The van der Waals surface area contributed by atoms with Crippen LogP contribution < -0.4 is 0 Å². The van der Waals surface area contributed by atoms with E-state index < -0.39 is 30.5 Å². The highest BCUT2D eigenvalue weighted by atomic mass is 16.6. The van der Waals surface area contributed by atoms with E-state index in [1.165, 1.54) is 0 Å². The molecule has 0 amide bonds. The zero-order valence-electron chi connectivity index (χ0n) is 13.9. The molecule has 3 N–H and O–H groups in total. The summed E-state index contributed by atoms with van der Waals surface area (Å²) in [6.07, 6.45) is -3.74. The van der Waals surface area contributed by atoms with Crippen molar-refractivity contribution in [3.8, 4) is 0 Å². The van der Waals surface area contributed by atoms with Gasteiger partial charge in [0.05, 0.1) is 19.3 Å². The van der Waals surface area contributed by atoms with Gasteiger partial charge in [0, 0.05) is 6.42 Å². The Kier molecular flexibility index (Phi) is 6.18. The average Bonchev–Trinajstić information content (AvgIpc) is 2.65. The van der Waals surface area contributed by atoms with Crippen molar-refractivity contribution >= 4 is 0 Å². The van der Waals surface area contributed by atoms with Crippen LogP contribution in [0.1, 0.15) is 11.1 Å². The number of ether oxygens (including phenoxy) is 2. The van der Waals surface area contributed by atoms with Gasteiger partial charge in [0.1, 0.15) is 24.4 Å². The largest absolute Gasteiger partial charge is 0.394 e. The van der Waals surface area contributed by atoms with Crippen LogP contribution in [0.25, 0.3) is 0 Å². The average molecular weight is 344 g/mol. The predicted octanol–water partition coefficient (Wildman–Crippen LogP) is 1.30. The van der Waals surface area contributed by atoms with Gasteiger partial charge < -0.3 is 24.8 Å². The Bertz CT molecular complexity index is 633. The summed E-state index contributed by atoms with van der Waals surface area (Å²) in [5, 5.41) is 30.6. The van der Waals surface area contributed by atoms with Gasteiger partial charge in [-0.05, 0) is 11.1 Å². The van der Waals surface area contributed by atoms with Gasteiger partial charge >= 0.3 is 0 Å². The molecule has 25 heavy (non-hydrogen) atoms. The highest BCUT2D eigenvalue weighted by Gasteiger charge is 2.44. The van der Waals surface area contributed by atoms with Gasteiger partial charge in [0.25, 0.3) is 0 Å². The molecule has 1 fully saturated rings. The maximum atomic E-state index is 10.7. The Morgan fingerprint density at radius 1 is 0.800 bits per heavy atom. The third-order valence-electron chi connectivity index (χ3n) is 4.53. The van der Waals surface area contributed by atoms with Crippen LogP contribution in [0, 0.1) is 0 Å². The van der Waals surface area contributed by atoms with Crippen LogP contribution in [0.3, 0.4) is 0 Å². The number of rotatable bonds is 6. The number of aliphatic hydroxyl groups excluding tert-OH is 3. The molecule has 1 aliphatic heterocycles. The van der Waals surface area contributed by atoms with Gasteiger partial charge in [-0.1, -0.05) is 60.7 Å². The molecule has 5 nitrogen and oxygen atoms in total. The fourth-order valence-corrected chi connectivity index (χ4v) is 3.14. The Hall–Kier alpha value is -1.76. The van der Waals surface area contributed by atoms with Crippen LogP contribution in [0.4, 0.5) is 0 Å². The van der Waals surface area contributed by atoms with E-state index in [4.69, 9.17) is 9.47 Å². The van der Waals surface area contributed by atoms with Gasteiger partial charge in [0.15, 0.2) is 0 Å². The molecule has 5 heteroatoms. The summed E-state index contributed by atoms with van der Waals surface area (Å²) in [6, 6.07) is 19.2. The molecule has 1 heterocycles. The van der Waals surface area contributed by atoms with Crippen LogP contribution in [0.2, 0.25) is 0 Å². The molecule has 134 valence electrons. The summed E-state index contributed by atoms with van der Waals surface area (Å²) in [5.74, 6) is 0. The van der Waals surface area contributed by atoms with E-state index >= 15 is 0 Å². The fourth-order valence-electron chi connectivity index (χ4n) is 3.14. The molecule has 0 saturated carbocycles. The molecule has 0 radical (unpaired) electrons. The summed E-state index contributed by atoms with van der Waals surface area (Å²) >= 11 is 0. The predicted molar refractivity (Wildman–Crippen MR) is 92.9 cm³/mol. The maximum Gasteiger partial charge on any atom is 0.115 e. The second kappa shape index (κ2) is 8.56. The molecular formula is C20H24O5. The van der Waals surface area contributed by atoms with Crippen molar-refractivity contribution in [3.63, 3.8) is 0 Å². The number of hydrogen-bond acceptors (Lipinski definition) is 5. The Labute approximate surface area is 147 Å². The Morgan fingerprint density at radius 3 is 1.96 bits per heavy atom. The molecule has 1 saturated heterocycles. The molecule has 2 aromatic carbocycles. The lowest BCUT2D eigenvalue weighted by atomic mass is 9.91. The monoisotopic (exact) mass is 344 g/mol. The van der Waals surface area contributed by atoms with Gasteiger partial charge in [-0.25, -0.2) is 0 Å². The van der Waals surface area contributed by atoms with Crippen LogP contribution in [0.15, 0.2) is 60.7 Å². The van der Waals surface area contributed by atoms with E-state index in [0.29, 0.717) is 6.42 Å². The van der Waals surface area contributed by atoms with Crippen molar-refractivity contribution in [3.05, 3.63) is 71.8 Å². The fraction of sp³-hybridized carbons (Fsp3) is 0.400. The van der Waals surface area contributed by atoms with E-state index in [9.17, 15) is 15.3 Å². The number of benzene rings is 2. The first kappa shape index (κ1) is 18.0. The third-order valence-corrected chi connectivity index (χ3v) is 4.53. The third kappa shape index (κ3) is 4.45. The lowest BCUT2D eigenvalue weighted by molar-refractivity contribution is -0.243. The first-order chi connectivity index (χ1) is 12.2. The zero-order chi connectivity index (χ0) is 17.6. The smallest absolute Gasteiger partial charge is 0.115 e. The van der Waals surface area contributed by atoms with Gasteiger partial charge in [-0.2, -0.15) is 0 Å². The number of aliphatic hydroxyl groups is 3. The first-order valence-corrected chi connectivity index (χ1v) is 8.51. The lowest BCUT2D eigenvalue weighted by Crippen LogP contribution is -2.59. The van der Waals surface area contributed by atoms with Gasteiger partial charge in [-0.3, -0.25) is 0 Å². The molecule has 1 aliphatic rings. The Balaban J connectivity index is 1.70. The molecule has 0 bridgehead atoms. The van der Waals surface area contributed by atoms with Gasteiger partial charge in [-0.15, -0.1) is 0 Å². The van der Waals surface area contributed by atoms with Crippen molar-refractivity contribution in [2.24, 2.45) is 0 Å². The van der Waals surface area contributed by atoms with Gasteiger partial charge in [0.2, 0.25) is 0 Å². The van der Waals surface area contributed by atoms with E-state index in [0.717, 1.165) is 11.1 Å².